The third kappa shape index (κ3) is 2.17. The molecule has 0 bridgehead atoms. The first-order valence-electron chi connectivity index (χ1n) is 9.26. The number of halogens is 1. The lowest BCUT2D eigenvalue weighted by Crippen LogP contribution is -2.57. The van der Waals surface area contributed by atoms with Crippen LogP contribution in [-0.2, 0) is 0 Å². The van der Waals surface area contributed by atoms with E-state index in [-0.39, 0.29) is 6.71 Å². The molecule has 0 amide bonds. The van der Waals surface area contributed by atoms with Crippen LogP contribution in [-0.4, -0.2) is 6.71 Å². The lowest BCUT2D eigenvalue weighted by atomic mass is 9.34. The minimum absolute atomic E-state index is 0.0552. The van der Waals surface area contributed by atoms with E-state index < -0.39 is 0 Å². The second-order valence-corrected chi connectivity index (χ2v) is 7.46. The summed E-state index contributed by atoms with van der Waals surface area (Å²) in [5.74, 6) is 3.28. The molecule has 2 heterocycles. The van der Waals surface area contributed by atoms with Gasteiger partial charge in [0.05, 0.1) is 5.02 Å². The van der Waals surface area contributed by atoms with Crippen LogP contribution in [0.2, 0.25) is 5.02 Å². The van der Waals surface area contributed by atoms with Gasteiger partial charge in [0.15, 0.2) is 0 Å². The van der Waals surface area contributed by atoms with Crippen LogP contribution in [0.1, 0.15) is 0 Å². The van der Waals surface area contributed by atoms with E-state index in [4.69, 9.17) is 21.1 Å². The molecule has 6 rings (SSSR count). The van der Waals surface area contributed by atoms with Crippen LogP contribution in [0.5, 0.6) is 23.0 Å². The molecule has 4 aromatic rings. The number of para-hydroxylation sites is 2. The number of hydrogen-bond acceptors (Lipinski definition) is 2. The number of hydrogen-bond donors (Lipinski definition) is 0. The van der Waals surface area contributed by atoms with E-state index in [0.717, 1.165) is 50.5 Å². The summed E-state index contributed by atoms with van der Waals surface area (Å²) in [7, 11) is 0. The molecule has 28 heavy (non-hydrogen) atoms. The third-order valence-corrected chi connectivity index (χ3v) is 5.77. The second-order valence-electron chi connectivity index (χ2n) is 7.05. The zero-order valence-corrected chi connectivity index (χ0v) is 15.6. The largest absolute Gasteiger partial charge is 0.458 e. The van der Waals surface area contributed by atoms with Crippen LogP contribution in [0.3, 0.4) is 0 Å². The zero-order chi connectivity index (χ0) is 18.7. The van der Waals surface area contributed by atoms with Gasteiger partial charge in [-0.3, -0.25) is 0 Å². The summed E-state index contributed by atoms with van der Waals surface area (Å²) in [6, 6.07) is 28.5. The van der Waals surface area contributed by atoms with Gasteiger partial charge in [0.25, 0.3) is 6.71 Å². The summed E-state index contributed by atoms with van der Waals surface area (Å²) in [6.45, 7) is 0.0552. The highest BCUT2D eigenvalue weighted by atomic mass is 35.5. The van der Waals surface area contributed by atoms with Crippen molar-refractivity contribution < 1.29 is 9.47 Å². The van der Waals surface area contributed by atoms with E-state index in [1.54, 1.807) is 0 Å². The van der Waals surface area contributed by atoms with Crippen molar-refractivity contribution in [3.05, 3.63) is 90.0 Å². The Bertz CT molecular complexity index is 1230. The van der Waals surface area contributed by atoms with Crippen molar-refractivity contribution in [2.45, 2.75) is 0 Å². The monoisotopic (exact) mass is 380 g/mol. The maximum atomic E-state index is 6.75. The molecule has 2 aliphatic heterocycles. The molecule has 2 nitrogen and oxygen atoms in total. The highest BCUT2D eigenvalue weighted by molar-refractivity contribution is 6.98. The molecule has 0 saturated carbocycles. The Labute approximate surface area is 168 Å². The average Bonchev–Trinajstić information content (AvgIpc) is 2.74. The van der Waals surface area contributed by atoms with Gasteiger partial charge in [-0.05, 0) is 34.7 Å². The van der Waals surface area contributed by atoms with Crippen molar-refractivity contribution >= 4 is 34.7 Å². The van der Waals surface area contributed by atoms with E-state index in [1.807, 2.05) is 48.5 Å². The number of ether oxygens (including phenoxy) is 2. The third-order valence-electron chi connectivity index (χ3n) is 5.48. The van der Waals surface area contributed by atoms with E-state index in [1.165, 1.54) is 0 Å². The van der Waals surface area contributed by atoms with Crippen LogP contribution < -0.4 is 25.9 Å². The Morgan fingerprint density at radius 3 is 1.96 bits per heavy atom. The molecular weight excluding hydrogens is 367 g/mol. The topological polar surface area (TPSA) is 18.5 Å². The Kier molecular flexibility index (Phi) is 3.35. The Balaban J connectivity index is 1.71. The van der Waals surface area contributed by atoms with Gasteiger partial charge < -0.3 is 9.47 Å². The molecule has 132 valence electrons. The zero-order valence-electron chi connectivity index (χ0n) is 14.9. The lowest BCUT2D eigenvalue weighted by Gasteiger charge is -2.34. The van der Waals surface area contributed by atoms with Gasteiger partial charge >= 0.3 is 0 Å². The molecule has 0 fully saturated rings. The van der Waals surface area contributed by atoms with Crippen molar-refractivity contribution in [2.75, 3.05) is 0 Å². The molecule has 0 atom stereocenters. The maximum absolute atomic E-state index is 6.75. The van der Waals surface area contributed by atoms with Crippen LogP contribution in [0.25, 0.3) is 11.1 Å². The molecule has 0 aromatic heterocycles. The van der Waals surface area contributed by atoms with Crippen LogP contribution >= 0.6 is 11.6 Å². The summed E-state index contributed by atoms with van der Waals surface area (Å²) in [5.41, 5.74) is 5.27. The second kappa shape index (κ2) is 5.92. The molecule has 0 unspecified atom stereocenters. The van der Waals surface area contributed by atoms with E-state index >= 15 is 0 Å². The van der Waals surface area contributed by atoms with E-state index in [0.29, 0.717) is 5.02 Å². The molecular formula is C24H14BClO2. The fourth-order valence-corrected chi connectivity index (χ4v) is 4.58. The summed E-state index contributed by atoms with van der Waals surface area (Å²) in [6.07, 6.45) is 0. The van der Waals surface area contributed by atoms with Crippen molar-refractivity contribution in [1.82, 2.24) is 0 Å². The Morgan fingerprint density at radius 2 is 1.25 bits per heavy atom. The first-order chi connectivity index (χ1) is 13.8. The van der Waals surface area contributed by atoms with Crippen LogP contribution in [0, 0.1) is 0 Å². The summed E-state index contributed by atoms with van der Waals surface area (Å²) in [4.78, 5) is 0. The van der Waals surface area contributed by atoms with Crippen LogP contribution in [0.4, 0.5) is 0 Å². The van der Waals surface area contributed by atoms with Gasteiger partial charge in [-0.2, -0.15) is 0 Å². The van der Waals surface area contributed by atoms with Crippen molar-refractivity contribution in [3.8, 4) is 34.1 Å². The summed E-state index contributed by atoms with van der Waals surface area (Å²) < 4.78 is 12.7. The fourth-order valence-electron chi connectivity index (χ4n) is 4.29. The minimum atomic E-state index is 0.0552. The SMILES string of the molecule is Clc1cc2c3c(c1-c1ccccc1)Oc1ccccc1B3c1ccccc1O2. The predicted octanol–water partition coefficient (Wildman–Crippen LogP) is 4.73. The molecule has 0 radical (unpaired) electrons. The standard InChI is InChI=1S/C24H14BClO2/c26-18-14-21-23-24(22(18)15-8-2-1-3-9-15)28-20-13-7-5-11-17(20)25(23)16-10-4-6-12-19(16)27-21/h1-14H. The Hall–Kier alpha value is -3.17. The first kappa shape index (κ1) is 15.9. The average molecular weight is 381 g/mol. The highest BCUT2D eigenvalue weighted by Gasteiger charge is 2.41. The van der Waals surface area contributed by atoms with Gasteiger partial charge in [-0.15, -0.1) is 0 Å². The quantitative estimate of drug-likeness (QED) is 0.384. The van der Waals surface area contributed by atoms with Gasteiger partial charge in [0.2, 0.25) is 0 Å². The Morgan fingerprint density at radius 1 is 0.643 bits per heavy atom. The first-order valence-corrected chi connectivity index (χ1v) is 9.64. The molecule has 0 N–H and O–H groups in total. The minimum Gasteiger partial charge on any atom is -0.458 e. The maximum Gasteiger partial charge on any atom is 0.260 e. The molecule has 4 aromatic carbocycles. The fraction of sp³-hybridized carbons (Fsp3) is 0. The van der Waals surface area contributed by atoms with Crippen LogP contribution in [0.15, 0.2) is 84.9 Å². The van der Waals surface area contributed by atoms with Crippen molar-refractivity contribution in [1.29, 1.82) is 0 Å². The van der Waals surface area contributed by atoms with Gasteiger partial charge in [-0.25, -0.2) is 0 Å². The van der Waals surface area contributed by atoms with Gasteiger partial charge in [-0.1, -0.05) is 78.3 Å². The van der Waals surface area contributed by atoms with E-state index in [2.05, 4.69) is 36.4 Å². The summed E-state index contributed by atoms with van der Waals surface area (Å²) >= 11 is 6.75. The predicted molar refractivity (Wildman–Crippen MR) is 115 cm³/mol. The molecule has 0 aliphatic carbocycles. The number of fused-ring (bicyclic) bond motifs is 4. The molecule has 2 aliphatic rings. The van der Waals surface area contributed by atoms with E-state index in [9.17, 15) is 0 Å². The number of benzene rings is 4. The number of rotatable bonds is 1. The molecule has 4 heteroatoms. The normalized spacial score (nSPS) is 13.0. The molecule has 0 spiro atoms. The smallest absolute Gasteiger partial charge is 0.260 e. The van der Waals surface area contributed by atoms with Gasteiger partial charge in [0.1, 0.15) is 23.0 Å². The highest BCUT2D eigenvalue weighted by Crippen LogP contribution is 2.44. The lowest BCUT2D eigenvalue weighted by molar-refractivity contribution is 0.465. The molecule has 0 saturated heterocycles. The summed E-state index contributed by atoms with van der Waals surface area (Å²) in [5, 5.41) is 0.623. The van der Waals surface area contributed by atoms with Crippen molar-refractivity contribution in [2.24, 2.45) is 0 Å². The van der Waals surface area contributed by atoms with Gasteiger partial charge in [0, 0.05) is 11.0 Å². The van der Waals surface area contributed by atoms with Crippen molar-refractivity contribution in [3.63, 3.8) is 0 Å².